The number of halogens is 1. The molecule has 1 unspecified atom stereocenters. The van der Waals surface area contributed by atoms with Gasteiger partial charge in [0.2, 0.25) is 0 Å². The van der Waals surface area contributed by atoms with Crippen LogP contribution in [0, 0.1) is 0 Å². The summed E-state index contributed by atoms with van der Waals surface area (Å²) in [7, 11) is 0. The number of rotatable bonds is 1. The van der Waals surface area contributed by atoms with Gasteiger partial charge < -0.3 is 14.5 Å². The lowest BCUT2D eigenvalue weighted by Crippen LogP contribution is -2.50. The molecule has 1 N–H and O–H groups in total. The van der Waals surface area contributed by atoms with Crippen LogP contribution < -0.4 is 5.32 Å². The summed E-state index contributed by atoms with van der Waals surface area (Å²) in [6.45, 7) is 7.49. The molecule has 0 bridgehead atoms. The first kappa shape index (κ1) is 16.1. The van der Waals surface area contributed by atoms with Crippen molar-refractivity contribution in [3.63, 3.8) is 0 Å². The van der Waals surface area contributed by atoms with E-state index in [4.69, 9.17) is 20.8 Å². The number of amides is 1. The molecule has 0 radical (unpaired) electrons. The van der Waals surface area contributed by atoms with E-state index in [1.807, 2.05) is 45.0 Å². The Hall–Kier alpha value is -1.72. The number of nitrogens with one attached hydrogen (secondary N) is 1. The molecular formula is C17H21ClN2O3. The molecule has 1 fully saturated rings. The number of benzene rings is 1. The summed E-state index contributed by atoms with van der Waals surface area (Å²) in [5.74, 6) is 0. The molecule has 23 heavy (non-hydrogen) atoms. The van der Waals surface area contributed by atoms with Gasteiger partial charge in [-0.3, -0.25) is 4.90 Å². The fraction of sp³-hybridized carbons (Fsp3) is 0.471. The highest BCUT2D eigenvalue weighted by Crippen LogP contribution is 2.37. The summed E-state index contributed by atoms with van der Waals surface area (Å²) in [5.41, 5.74) is 1.02. The fourth-order valence-corrected chi connectivity index (χ4v) is 3.16. The van der Waals surface area contributed by atoms with E-state index >= 15 is 0 Å². The van der Waals surface area contributed by atoms with Crippen LogP contribution in [-0.2, 0) is 4.74 Å². The van der Waals surface area contributed by atoms with E-state index in [-0.39, 0.29) is 12.1 Å². The van der Waals surface area contributed by atoms with Crippen LogP contribution in [0.3, 0.4) is 0 Å². The van der Waals surface area contributed by atoms with Crippen LogP contribution >= 0.6 is 11.6 Å². The van der Waals surface area contributed by atoms with Crippen molar-refractivity contribution in [2.75, 3.05) is 19.6 Å². The van der Waals surface area contributed by atoms with E-state index in [1.54, 1.807) is 4.90 Å². The van der Waals surface area contributed by atoms with Crippen molar-refractivity contribution in [2.24, 2.45) is 0 Å². The Bertz CT molecular complexity index is 720. The van der Waals surface area contributed by atoms with Gasteiger partial charge in [-0.2, -0.15) is 0 Å². The molecule has 6 heteroatoms. The molecule has 0 saturated carbocycles. The summed E-state index contributed by atoms with van der Waals surface area (Å²) in [6, 6.07) is 7.46. The van der Waals surface area contributed by atoms with Crippen molar-refractivity contribution in [1.82, 2.24) is 10.2 Å². The Morgan fingerprint density at radius 3 is 2.87 bits per heavy atom. The van der Waals surface area contributed by atoms with Crippen LogP contribution in [0.2, 0.25) is 5.22 Å². The molecule has 2 aromatic rings. The molecule has 1 saturated heterocycles. The van der Waals surface area contributed by atoms with E-state index in [2.05, 4.69) is 5.32 Å². The van der Waals surface area contributed by atoms with Crippen molar-refractivity contribution in [1.29, 1.82) is 0 Å². The predicted octanol–water partition coefficient (Wildman–Crippen LogP) is 3.97. The molecule has 0 aliphatic carbocycles. The zero-order valence-electron chi connectivity index (χ0n) is 13.6. The average Bonchev–Trinajstić information content (AvgIpc) is 2.81. The molecule has 0 spiro atoms. The van der Waals surface area contributed by atoms with E-state index in [0.717, 1.165) is 23.1 Å². The molecule has 124 valence electrons. The zero-order valence-corrected chi connectivity index (χ0v) is 14.3. The zero-order chi connectivity index (χ0) is 16.6. The highest BCUT2D eigenvalue weighted by Gasteiger charge is 2.34. The minimum absolute atomic E-state index is 0.213. The number of carbonyl (C=O) groups excluding carboxylic acids is 1. The van der Waals surface area contributed by atoms with Crippen LogP contribution in [-0.4, -0.2) is 36.2 Å². The summed E-state index contributed by atoms with van der Waals surface area (Å²) >= 11 is 6.33. The van der Waals surface area contributed by atoms with Gasteiger partial charge in [0.1, 0.15) is 11.2 Å². The van der Waals surface area contributed by atoms with Gasteiger partial charge in [-0.25, -0.2) is 4.79 Å². The maximum Gasteiger partial charge on any atom is 0.410 e. The number of nitrogens with zero attached hydrogens (tertiary/aromatic N) is 1. The normalized spacial score (nSPS) is 19.1. The van der Waals surface area contributed by atoms with Crippen LogP contribution in [0.5, 0.6) is 0 Å². The summed E-state index contributed by atoms with van der Waals surface area (Å²) in [6.07, 6.45) is -0.328. The van der Waals surface area contributed by atoms with Crippen LogP contribution in [0.4, 0.5) is 4.79 Å². The van der Waals surface area contributed by atoms with Crippen molar-refractivity contribution in [3.8, 4) is 0 Å². The van der Waals surface area contributed by atoms with E-state index in [1.165, 1.54) is 0 Å². The van der Waals surface area contributed by atoms with E-state index < -0.39 is 5.60 Å². The van der Waals surface area contributed by atoms with Gasteiger partial charge >= 0.3 is 6.09 Å². The van der Waals surface area contributed by atoms with Gasteiger partial charge in [-0.1, -0.05) is 18.2 Å². The topological polar surface area (TPSA) is 54.7 Å². The van der Waals surface area contributed by atoms with Crippen molar-refractivity contribution >= 4 is 28.7 Å². The minimum atomic E-state index is -0.533. The number of hydrogen-bond acceptors (Lipinski definition) is 4. The van der Waals surface area contributed by atoms with Gasteiger partial charge in [-0.15, -0.1) is 0 Å². The van der Waals surface area contributed by atoms with Crippen molar-refractivity contribution in [3.05, 3.63) is 35.0 Å². The van der Waals surface area contributed by atoms with Gasteiger partial charge in [0.05, 0.1) is 6.04 Å². The lowest BCUT2D eigenvalue weighted by molar-refractivity contribution is 0.0119. The van der Waals surface area contributed by atoms with Gasteiger partial charge in [0.25, 0.3) is 0 Å². The Morgan fingerprint density at radius 2 is 2.13 bits per heavy atom. The first-order valence-electron chi connectivity index (χ1n) is 7.74. The molecule has 1 aliphatic heterocycles. The molecule has 2 heterocycles. The molecule has 1 aromatic carbocycles. The Balaban J connectivity index is 1.98. The van der Waals surface area contributed by atoms with Gasteiger partial charge in [0.15, 0.2) is 5.22 Å². The number of piperazine rings is 1. The molecule has 3 rings (SSSR count). The molecule has 1 amide bonds. The number of para-hydroxylation sites is 1. The molecule has 1 aliphatic rings. The van der Waals surface area contributed by atoms with Gasteiger partial charge in [0, 0.05) is 30.6 Å². The average molecular weight is 337 g/mol. The van der Waals surface area contributed by atoms with Crippen LogP contribution in [0.25, 0.3) is 11.0 Å². The second kappa shape index (κ2) is 6.06. The number of ether oxygens (including phenoxy) is 1. The molecule has 1 atom stereocenters. The number of fused-ring (bicyclic) bond motifs is 1. The predicted molar refractivity (Wildman–Crippen MR) is 89.8 cm³/mol. The standard InChI is InChI=1S/C17H21ClN2O3/c1-17(2,3)23-16(21)20-9-8-19-10-12(20)14-11-6-4-5-7-13(11)22-15(14)18/h4-7,12,19H,8-10H2,1-3H3. The van der Waals surface area contributed by atoms with Crippen LogP contribution in [0.1, 0.15) is 32.4 Å². The highest BCUT2D eigenvalue weighted by atomic mass is 35.5. The second-order valence-corrected chi connectivity index (χ2v) is 7.02. The third-order valence-electron chi connectivity index (χ3n) is 3.79. The quantitative estimate of drug-likeness (QED) is 0.856. The largest absolute Gasteiger partial charge is 0.444 e. The Kier molecular flexibility index (Phi) is 4.25. The monoisotopic (exact) mass is 336 g/mol. The first-order valence-corrected chi connectivity index (χ1v) is 8.12. The van der Waals surface area contributed by atoms with Gasteiger partial charge in [-0.05, 0) is 38.4 Å². The first-order chi connectivity index (χ1) is 10.9. The van der Waals surface area contributed by atoms with Crippen molar-refractivity contribution < 1.29 is 13.9 Å². The third-order valence-corrected chi connectivity index (χ3v) is 4.07. The number of furan rings is 1. The molecule has 1 aromatic heterocycles. The summed E-state index contributed by atoms with van der Waals surface area (Å²) in [5, 5.41) is 4.57. The number of carbonyl (C=O) groups is 1. The fourth-order valence-electron chi connectivity index (χ4n) is 2.85. The van der Waals surface area contributed by atoms with E-state index in [0.29, 0.717) is 18.3 Å². The smallest absolute Gasteiger partial charge is 0.410 e. The number of hydrogen-bond donors (Lipinski definition) is 1. The maximum atomic E-state index is 12.6. The maximum absolute atomic E-state index is 12.6. The SMILES string of the molecule is CC(C)(C)OC(=O)N1CCNCC1c1c(Cl)oc2ccccc12. The summed E-state index contributed by atoms with van der Waals surface area (Å²) in [4.78, 5) is 14.3. The Labute approximate surface area is 140 Å². The minimum Gasteiger partial charge on any atom is -0.444 e. The van der Waals surface area contributed by atoms with Crippen LogP contribution in [0.15, 0.2) is 28.7 Å². The molecule has 5 nitrogen and oxygen atoms in total. The highest BCUT2D eigenvalue weighted by molar-refractivity contribution is 6.31. The van der Waals surface area contributed by atoms with E-state index in [9.17, 15) is 4.79 Å². The lowest BCUT2D eigenvalue weighted by atomic mass is 10.0. The third kappa shape index (κ3) is 3.31. The van der Waals surface area contributed by atoms with Crippen molar-refractivity contribution in [2.45, 2.75) is 32.4 Å². The molecular weight excluding hydrogens is 316 g/mol. The lowest BCUT2D eigenvalue weighted by Gasteiger charge is -2.37. The second-order valence-electron chi connectivity index (χ2n) is 6.68. The summed E-state index contributed by atoms with van der Waals surface area (Å²) < 4.78 is 11.2. The Morgan fingerprint density at radius 1 is 1.39 bits per heavy atom.